The number of fused-ring (bicyclic) bond motifs is 1. The molecule has 2 aromatic heterocycles. The van der Waals surface area contributed by atoms with Crippen LogP contribution in [0.15, 0.2) is 79.3 Å². The van der Waals surface area contributed by atoms with Gasteiger partial charge in [-0.1, -0.05) is 29.8 Å². The first-order chi connectivity index (χ1) is 12.3. The fraction of sp³-hybridized carbons (Fsp3) is 0. The minimum Gasteiger partial charge on any atom is -0.457 e. The zero-order valence-corrected chi connectivity index (χ0v) is 13.9. The molecule has 0 saturated carbocycles. The Kier molecular flexibility index (Phi) is 4.19. The standard InChI is InChI=1S/C20H14ClN3O/c21-20-10-18-14(12-23-20)11-22-13-19(18)24-15-6-8-17(9-7-15)25-16-4-2-1-3-5-16/h1-13,24H. The summed E-state index contributed by atoms with van der Waals surface area (Å²) in [6.07, 6.45) is 5.25. The van der Waals surface area contributed by atoms with Gasteiger partial charge >= 0.3 is 0 Å². The Labute approximate surface area is 150 Å². The van der Waals surface area contributed by atoms with Crippen molar-refractivity contribution in [2.24, 2.45) is 0 Å². The highest BCUT2D eigenvalue weighted by Crippen LogP contribution is 2.28. The fourth-order valence-electron chi connectivity index (χ4n) is 2.52. The van der Waals surface area contributed by atoms with Crippen LogP contribution in [0.4, 0.5) is 11.4 Å². The van der Waals surface area contributed by atoms with Gasteiger partial charge in [0.2, 0.25) is 0 Å². The highest BCUT2D eigenvalue weighted by atomic mass is 35.5. The number of para-hydroxylation sites is 1. The van der Waals surface area contributed by atoms with Gasteiger partial charge in [-0.05, 0) is 42.5 Å². The summed E-state index contributed by atoms with van der Waals surface area (Å²) in [5.74, 6) is 1.59. The van der Waals surface area contributed by atoms with E-state index in [-0.39, 0.29) is 0 Å². The van der Waals surface area contributed by atoms with Crippen molar-refractivity contribution in [3.8, 4) is 11.5 Å². The van der Waals surface area contributed by atoms with Gasteiger partial charge in [0.05, 0.1) is 11.9 Å². The van der Waals surface area contributed by atoms with E-state index in [1.54, 1.807) is 18.6 Å². The van der Waals surface area contributed by atoms with Gasteiger partial charge in [-0.2, -0.15) is 0 Å². The summed E-state index contributed by atoms with van der Waals surface area (Å²) in [7, 11) is 0. The summed E-state index contributed by atoms with van der Waals surface area (Å²) in [6.45, 7) is 0. The van der Waals surface area contributed by atoms with Crippen LogP contribution in [0.1, 0.15) is 0 Å². The molecule has 0 atom stereocenters. The number of anilines is 2. The zero-order chi connectivity index (χ0) is 17.1. The second-order valence-electron chi connectivity index (χ2n) is 5.48. The number of ether oxygens (including phenoxy) is 1. The van der Waals surface area contributed by atoms with Crippen molar-refractivity contribution in [1.29, 1.82) is 0 Å². The number of hydrogen-bond acceptors (Lipinski definition) is 4. The van der Waals surface area contributed by atoms with Gasteiger partial charge in [-0.3, -0.25) is 4.98 Å². The molecule has 0 bridgehead atoms. The lowest BCUT2D eigenvalue weighted by atomic mass is 10.2. The molecule has 0 spiro atoms. The fourth-order valence-corrected chi connectivity index (χ4v) is 2.68. The maximum absolute atomic E-state index is 6.02. The number of halogens is 1. The number of aromatic nitrogens is 2. The molecule has 0 amide bonds. The maximum atomic E-state index is 6.02. The molecule has 0 fully saturated rings. The van der Waals surface area contributed by atoms with Crippen LogP contribution in [0.3, 0.4) is 0 Å². The number of nitrogens with one attached hydrogen (secondary N) is 1. The molecule has 2 heterocycles. The second-order valence-corrected chi connectivity index (χ2v) is 5.87. The summed E-state index contributed by atoms with van der Waals surface area (Å²) < 4.78 is 5.80. The Bertz CT molecular complexity index is 1000. The third kappa shape index (κ3) is 3.54. The zero-order valence-electron chi connectivity index (χ0n) is 13.2. The molecule has 0 aliphatic heterocycles. The Morgan fingerprint density at radius 2 is 1.60 bits per heavy atom. The average molecular weight is 348 g/mol. The molecule has 0 saturated heterocycles. The molecular formula is C20H14ClN3O. The first kappa shape index (κ1) is 15.4. The molecule has 25 heavy (non-hydrogen) atoms. The lowest BCUT2D eigenvalue weighted by molar-refractivity contribution is 0.483. The SMILES string of the molecule is Clc1cc2c(Nc3ccc(Oc4ccccc4)cc3)cncc2cn1. The normalized spacial score (nSPS) is 10.6. The van der Waals surface area contributed by atoms with Crippen LogP contribution in [-0.2, 0) is 0 Å². The summed E-state index contributed by atoms with van der Waals surface area (Å²) in [5.41, 5.74) is 1.81. The van der Waals surface area contributed by atoms with Crippen molar-refractivity contribution in [3.05, 3.63) is 84.4 Å². The minimum atomic E-state index is 0.452. The third-order valence-electron chi connectivity index (χ3n) is 3.72. The van der Waals surface area contributed by atoms with E-state index in [1.807, 2.05) is 60.7 Å². The highest BCUT2D eigenvalue weighted by Gasteiger charge is 2.04. The summed E-state index contributed by atoms with van der Waals surface area (Å²) in [4.78, 5) is 8.33. The van der Waals surface area contributed by atoms with Gasteiger partial charge in [0.1, 0.15) is 16.7 Å². The third-order valence-corrected chi connectivity index (χ3v) is 3.93. The van der Waals surface area contributed by atoms with E-state index in [2.05, 4.69) is 15.3 Å². The van der Waals surface area contributed by atoms with E-state index >= 15 is 0 Å². The molecule has 1 N–H and O–H groups in total. The maximum Gasteiger partial charge on any atom is 0.129 e. The summed E-state index contributed by atoms with van der Waals surface area (Å²) in [6, 6.07) is 19.3. The van der Waals surface area contributed by atoms with E-state index in [0.29, 0.717) is 5.15 Å². The number of nitrogens with zero attached hydrogens (tertiary/aromatic N) is 2. The molecule has 5 heteroatoms. The first-order valence-corrected chi connectivity index (χ1v) is 8.15. The lowest BCUT2D eigenvalue weighted by Crippen LogP contribution is -1.93. The molecule has 4 rings (SSSR count). The smallest absolute Gasteiger partial charge is 0.129 e. The second kappa shape index (κ2) is 6.79. The van der Waals surface area contributed by atoms with Gasteiger partial charge in [0.15, 0.2) is 0 Å². The van der Waals surface area contributed by atoms with E-state index in [9.17, 15) is 0 Å². The van der Waals surface area contributed by atoms with Gasteiger partial charge in [0.25, 0.3) is 0 Å². The highest BCUT2D eigenvalue weighted by molar-refractivity contribution is 6.30. The quantitative estimate of drug-likeness (QED) is 0.472. The van der Waals surface area contributed by atoms with E-state index in [0.717, 1.165) is 33.6 Å². The number of benzene rings is 2. The minimum absolute atomic E-state index is 0.452. The molecule has 0 aliphatic rings. The van der Waals surface area contributed by atoms with Crippen molar-refractivity contribution in [2.45, 2.75) is 0 Å². The van der Waals surface area contributed by atoms with Gasteiger partial charge in [-0.15, -0.1) is 0 Å². The van der Waals surface area contributed by atoms with Crippen LogP contribution in [0.5, 0.6) is 11.5 Å². The summed E-state index contributed by atoms with van der Waals surface area (Å²) >= 11 is 6.02. The summed E-state index contributed by atoms with van der Waals surface area (Å²) in [5, 5.41) is 5.71. The van der Waals surface area contributed by atoms with Crippen molar-refractivity contribution in [2.75, 3.05) is 5.32 Å². The van der Waals surface area contributed by atoms with Crippen LogP contribution in [0.2, 0.25) is 5.15 Å². The Morgan fingerprint density at radius 3 is 2.40 bits per heavy atom. The molecule has 0 unspecified atom stereocenters. The van der Waals surface area contributed by atoms with E-state index in [4.69, 9.17) is 16.3 Å². The molecule has 0 radical (unpaired) electrons. The van der Waals surface area contributed by atoms with Gasteiger partial charge < -0.3 is 10.1 Å². The van der Waals surface area contributed by atoms with E-state index in [1.165, 1.54) is 0 Å². The van der Waals surface area contributed by atoms with Gasteiger partial charge in [-0.25, -0.2) is 4.98 Å². The van der Waals surface area contributed by atoms with Crippen LogP contribution in [0, 0.1) is 0 Å². The van der Waals surface area contributed by atoms with Crippen LogP contribution >= 0.6 is 11.6 Å². The molecule has 122 valence electrons. The average Bonchev–Trinajstić information content (AvgIpc) is 2.65. The van der Waals surface area contributed by atoms with Crippen molar-refractivity contribution in [1.82, 2.24) is 9.97 Å². The lowest BCUT2D eigenvalue weighted by Gasteiger charge is -2.10. The van der Waals surface area contributed by atoms with Crippen LogP contribution < -0.4 is 10.1 Å². The topological polar surface area (TPSA) is 47.0 Å². The van der Waals surface area contributed by atoms with Crippen molar-refractivity contribution in [3.63, 3.8) is 0 Å². The largest absolute Gasteiger partial charge is 0.457 e. The number of rotatable bonds is 4. The molecule has 4 nitrogen and oxygen atoms in total. The predicted molar refractivity (Wildman–Crippen MR) is 101 cm³/mol. The van der Waals surface area contributed by atoms with Crippen LogP contribution in [0.25, 0.3) is 10.8 Å². The van der Waals surface area contributed by atoms with E-state index < -0.39 is 0 Å². The van der Waals surface area contributed by atoms with Gasteiger partial charge in [0, 0.05) is 28.9 Å². The van der Waals surface area contributed by atoms with Crippen molar-refractivity contribution < 1.29 is 4.74 Å². The molecule has 2 aromatic carbocycles. The van der Waals surface area contributed by atoms with Crippen LogP contribution in [-0.4, -0.2) is 9.97 Å². The predicted octanol–water partition coefficient (Wildman–Crippen LogP) is 5.82. The molecule has 4 aromatic rings. The Hall–Kier alpha value is -3.11. The molecular weight excluding hydrogens is 334 g/mol. The monoisotopic (exact) mass is 347 g/mol. The van der Waals surface area contributed by atoms with Crippen molar-refractivity contribution >= 4 is 33.7 Å². The Balaban J connectivity index is 1.56. The molecule has 0 aliphatic carbocycles. The Morgan fingerprint density at radius 1 is 0.840 bits per heavy atom. The number of pyridine rings is 2. The number of hydrogen-bond donors (Lipinski definition) is 1. The first-order valence-electron chi connectivity index (χ1n) is 7.77.